The van der Waals surface area contributed by atoms with Gasteiger partial charge in [-0.15, -0.1) is 0 Å². The lowest BCUT2D eigenvalue weighted by molar-refractivity contribution is 0.0973. The van der Waals surface area contributed by atoms with Gasteiger partial charge in [-0.25, -0.2) is 9.71 Å². The van der Waals surface area contributed by atoms with E-state index < -0.39 is 15.9 Å². The van der Waals surface area contributed by atoms with E-state index in [0.29, 0.717) is 6.54 Å². The molecule has 0 atom stereocenters. The van der Waals surface area contributed by atoms with E-state index >= 15 is 0 Å². The highest BCUT2D eigenvalue weighted by molar-refractivity contribution is 7.90. The van der Waals surface area contributed by atoms with Crippen LogP contribution in [0.25, 0.3) is 10.9 Å². The van der Waals surface area contributed by atoms with Gasteiger partial charge in [-0.1, -0.05) is 36.8 Å². The number of hydrogen-bond acceptors (Lipinski definition) is 5. The number of sulfonamides is 1. The Morgan fingerprint density at radius 3 is 2.38 bits per heavy atom. The predicted octanol–water partition coefficient (Wildman–Crippen LogP) is 4.27. The van der Waals surface area contributed by atoms with Crippen molar-refractivity contribution in [2.75, 3.05) is 5.73 Å². The summed E-state index contributed by atoms with van der Waals surface area (Å²) >= 11 is 0. The van der Waals surface area contributed by atoms with Gasteiger partial charge in [0.1, 0.15) is 11.5 Å². The first-order valence-electron chi connectivity index (χ1n) is 11.1. The Labute approximate surface area is 199 Å². The molecule has 0 radical (unpaired) electrons. The van der Waals surface area contributed by atoms with Crippen molar-refractivity contribution in [3.63, 3.8) is 0 Å². The van der Waals surface area contributed by atoms with Crippen molar-refractivity contribution in [2.45, 2.75) is 45.7 Å². The third kappa shape index (κ3) is 4.54. The van der Waals surface area contributed by atoms with Gasteiger partial charge >= 0.3 is 0 Å². The maximum atomic E-state index is 13.3. The van der Waals surface area contributed by atoms with E-state index in [1.54, 1.807) is 6.07 Å². The van der Waals surface area contributed by atoms with Crippen molar-refractivity contribution in [3.8, 4) is 0 Å². The Morgan fingerprint density at radius 2 is 1.74 bits per heavy atom. The second-order valence-electron chi connectivity index (χ2n) is 8.58. The van der Waals surface area contributed by atoms with Crippen LogP contribution in [-0.2, 0) is 23.0 Å². The average Bonchev–Trinajstić information content (AvgIpc) is 3.13. The molecular formula is C26H28N4O3S. The molecule has 4 rings (SSSR count). The van der Waals surface area contributed by atoms with Crippen LogP contribution < -0.4 is 10.5 Å². The third-order valence-electron chi connectivity index (χ3n) is 6.01. The van der Waals surface area contributed by atoms with Crippen molar-refractivity contribution < 1.29 is 13.2 Å². The highest BCUT2D eigenvalue weighted by Crippen LogP contribution is 2.26. The van der Waals surface area contributed by atoms with Gasteiger partial charge in [0.2, 0.25) is 0 Å². The van der Waals surface area contributed by atoms with E-state index in [4.69, 9.17) is 5.73 Å². The number of hydrogen-bond donors (Lipinski definition) is 2. The number of rotatable bonds is 6. The second kappa shape index (κ2) is 8.95. The number of carbonyl (C=O) groups excluding carboxylic acids is 1. The minimum atomic E-state index is -4.20. The number of aromatic nitrogens is 2. The van der Waals surface area contributed by atoms with Crippen molar-refractivity contribution in [3.05, 3.63) is 88.1 Å². The first-order chi connectivity index (χ1) is 16.1. The van der Waals surface area contributed by atoms with E-state index in [2.05, 4.69) is 35.7 Å². The Morgan fingerprint density at radius 1 is 1.03 bits per heavy atom. The Bertz CT molecular complexity index is 1500. The second-order valence-corrected chi connectivity index (χ2v) is 10.2. The highest BCUT2D eigenvalue weighted by Gasteiger charge is 2.24. The number of nitrogen functional groups attached to an aromatic ring is 1. The van der Waals surface area contributed by atoms with Crippen LogP contribution in [0.1, 0.15) is 45.2 Å². The summed E-state index contributed by atoms with van der Waals surface area (Å²) in [5.41, 5.74) is 12.4. The number of nitrogens with two attached hydrogens (primary N) is 1. The number of nitrogens with zero attached hydrogens (tertiary/aromatic N) is 2. The zero-order chi connectivity index (χ0) is 24.6. The molecule has 0 unspecified atom stereocenters. The van der Waals surface area contributed by atoms with E-state index in [1.807, 2.05) is 36.6 Å². The molecule has 0 saturated carbocycles. The third-order valence-corrected chi connectivity index (χ3v) is 7.24. The standard InChI is InChI=1S/C26H28N4O3S/c1-5-19-9-10-22-20(13-19)14-23(30(22)15-21-17(3)11-16(2)12-18(21)4)26(31)29-34(32,33)25-8-6-7-24(27)28-25/h6-14H,5,15H2,1-4H3,(H2,27,28)(H,29,31). The number of anilines is 1. The molecule has 176 valence electrons. The number of carbonyl (C=O) groups is 1. The van der Waals surface area contributed by atoms with Gasteiger partial charge in [-0.2, -0.15) is 8.42 Å². The summed E-state index contributed by atoms with van der Waals surface area (Å²) in [7, 11) is -4.20. The Hall–Kier alpha value is -3.65. The monoisotopic (exact) mass is 476 g/mol. The summed E-state index contributed by atoms with van der Waals surface area (Å²) < 4.78 is 29.7. The summed E-state index contributed by atoms with van der Waals surface area (Å²) in [6, 6.07) is 16.3. The Kier molecular flexibility index (Phi) is 6.18. The molecule has 0 spiro atoms. The summed E-state index contributed by atoms with van der Waals surface area (Å²) in [5, 5.41) is 0.577. The van der Waals surface area contributed by atoms with Crippen LogP contribution in [0, 0.1) is 20.8 Å². The molecule has 0 saturated heterocycles. The molecule has 4 aromatic rings. The molecule has 0 fully saturated rings. The fourth-order valence-corrected chi connectivity index (χ4v) is 5.26. The van der Waals surface area contributed by atoms with Crippen LogP contribution in [0.4, 0.5) is 5.82 Å². The first kappa shape index (κ1) is 23.5. The first-order valence-corrected chi connectivity index (χ1v) is 12.6. The smallest absolute Gasteiger partial charge is 0.281 e. The minimum Gasteiger partial charge on any atom is -0.384 e. The quantitative estimate of drug-likeness (QED) is 0.432. The maximum absolute atomic E-state index is 13.3. The van der Waals surface area contributed by atoms with Gasteiger partial charge in [-0.3, -0.25) is 4.79 Å². The number of amides is 1. The van der Waals surface area contributed by atoms with E-state index in [1.165, 1.54) is 23.8 Å². The Balaban J connectivity index is 1.81. The number of fused-ring (bicyclic) bond motifs is 1. The number of pyridine rings is 1. The van der Waals surface area contributed by atoms with Crippen LogP contribution >= 0.6 is 0 Å². The summed E-state index contributed by atoms with van der Waals surface area (Å²) in [4.78, 5) is 17.2. The number of aryl methyl sites for hydroxylation is 4. The molecule has 2 aromatic carbocycles. The topological polar surface area (TPSA) is 107 Å². The predicted molar refractivity (Wildman–Crippen MR) is 134 cm³/mol. The summed E-state index contributed by atoms with van der Waals surface area (Å²) in [6.07, 6.45) is 0.855. The van der Waals surface area contributed by atoms with Gasteiger partial charge < -0.3 is 10.3 Å². The average molecular weight is 477 g/mol. The van der Waals surface area contributed by atoms with Gasteiger partial charge in [0.25, 0.3) is 15.9 Å². The molecule has 2 heterocycles. The fourth-order valence-electron chi connectivity index (χ4n) is 4.32. The molecule has 1 amide bonds. The van der Waals surface area contributed by atoms with Crippen molar-refractivity contribution in [2.24, 2.45) is 0 Å². The largest absolute Gasteiger partial charge is 0.384 e. The van der Waals surface area contributed by atoms with Crippen LogP contribution in [0.15, 0.2) is 59.6 Å². The van der Waals surface area contributed by atoms with E-state index in [9.17, 15) is 13.2 Å². The van der Waals surface area contributed by atoms with Crippen molar-refractivity contribution in [1.29, 1.82) is 0 Å². The molecule has 7 nitrogen and oxygen atoms in total. The lowest BCUT2D eigenvalue weighted by Crippen LogP contribution is -2.32. The van der Waals surface area contributed by atoms with Crippen LogP contribution in [0.5, 0.6) is 0 Å². The van der Waals surface area contributed by atoms with E-state index in [-0.39, 0.29) is 16.5 Å². The SMILES string of the molecule is CCc1ccc2c(c1)cc(C(=O)NS(=O)(=O)c1cccc(N)n1)n2Cc1c(C)cc(C)cc1C. The van der Waals surface area contributed by atoms with Crippen LogP contribution in [0.2, 0.25) is 0 Å². The highest BCUT2D eigenvalue weighted by atomic mass is 32.2. The van der Waals surface area contributed by atoms with Crippen LogP contribution in [0.3, 0.4) is 0 Å². The molecular weight excluding hydrogens is 448 g/mol. The van der Waals surface area contributed by atoms with E-state index in [0.717, 1.165) is 39.6 Å². The normalized spacial score (nSPS) is 11.6. The maximum Gasteiger partial charge on any atom is 0.281 e. The summed E-state index contributed by atoms with van der Waals surface area (Å²) in [5.74, 6) is -0.664. The minimum absolute atomic E-state index is 0.0573. The molecule has 0 aliphatic carbocycles. The fraction of sp³-hybridized carbons (Fsp3) is 0.231. The molecule has 34 heavy (non-hydrogen) atoms. The molecule has 0 bridgehead atoms. The number of nitrogens with one attached hydrogen (secondary N) is 1. The summed E-state index contributed by atoms with van der Waals surface area (Å²) in [6.45, 7) is 8.65. The molecule has 3 N–H and O–H groups in total. The van der Waals surface area contributed by atoms with Gasteiger partial charge in [0.05, 0.1) is 0 Å². The van der Waals surface area contributed by atoms with Crippen molar-refractivity contribution in [1.82, 2.24) is 14.3 Å². The van der Waals surface area contributed by atoms with Gasteiger partial charge in [-0.05, 0) is 79.8 Å². The lowest BCUT2D eigenvalue weighted by atomic mass is 9.99. The lowest BCUT2D eigenvalue weighted by Gasteiger charge is -2.16. The van der Waals surface area contributed by atoms with Crippen LogP contribution in [-0.4, -0.2) is 23.9 Å². The molecule has 0 aliphatic rings. The molecule has 8 heteroatoms. The van der Waals surface area contributed by atoms with Crippen molar-refractivity contribution >= 4 is 32.7 Å². The number of benzene rings is 2. The zero-order valence-electron chi connectivity index (χ0n) is 19.7. The zero-order valence-corrected chi connectivity index (χ0v) is 20.5. The van der Waals surface area contributed by atoms with Gasteiger partial charge in [0, 0.05) is 17.4 Å². The molecule has 2 aromatic heterocycles. The van der Waals surface area contributed by atoms with Gasteiger partial charge in [0.15, 0.2) is 5.03 Å². The molecule has 0 aliphatic heterocycles.